The van der Waals surface area contributed by atoms with Gasteiger partial charge in [0.2, 0.25) is 0 Å². The van der Waals surface area contributed by atoms with Crippen LogP contribution in [0.15, 0.2) is 18.2 Å². The third-order valence-electron chi connectivity index (χ3n) is 2.31. The molecule has 8 heteroatoms. The standard InChI is InChI=1S/C11H14N2O6/c1-18-6-10(11(14)15)12-7-3-8(13(16)17)5-9(4-7)19-2/h3-5,10,12H,6H2,1-2H3,(H,14,15). The molecule has 0 saturated heterocycles. The van der Waals surface area contributed by atoms with E-state index in [2.05, 4.69) is 5.32 Å². The number of carboxylic acid groups (broad SMARTS) is 1. The number of rotatable bonds is 7. The molecule has 19 heavy (non-hydrogen) atoms. The number of anilines is 1. The number of non-ortho nitro benzene ring substituents is 1. The number of nitrogens with zero attached hydrogens (tertiary/aromatic N) is 1. The van der Waals surface area contributed by atoms with Gasteiger partial charge < -0.3 is 19.9 Å². The van der Waals surface area contributed by atoms with Crippen LogP contribution in [-0.4, -0.2) is 42.9 Å². The molecule has 104 valence electrons. The highest BCUT2D eigenvalue weighted by molar-refractivity contribution is 5.78. The summed E-state index contributed by atoms with van der Waals surface area (Å²) < 4.78 is 9.69. The van der Waals surface area contributed by atoms with Gasteiger partial charge in [0.05, 0.1) is 24.7 Å². The Hall–Kier alpha value is -2.35. The monoisotopic (exact) mass is 270 g/mol. The van der Waals surface area contributed by atoms with Crippen LogP contribution in [0.25, 0.3) is 0 Å². The summed E-state index contributed by atoms with van der Waals surface area (Å²) >= 11 is 0. The zero-order chi connectivity index (χ0) is 14.4. The first-order chi connectivity index (χ1) is 8.97. The first-order valence-electron chi connectivity index (χ1n) is 5.29. The Bertz CT molecular complexity index is 476. The van der Waals surface area contributed by atoms with Crippen molar-refractivity contribution >= 4 is 17.3 Å². The number of nitro groups is 1. The summed E-state index contributed by atoms with van der Waals surface area (Å²) in [5.74, 6) is -0.856. The van der Waals surface area contributed by atoms with Gasteiger partial charge in [-0.05, 0) is 0 Å². The van der Waals surface area contributed by atoms with E-state index in [0.717, 1.165) is 0 Å². The largest absolute Gasteiger partial charge is 0.496 e. The number of nitro benzene ring substituents is 1. The molecule has 1 aromatic rings. The highest BCUT2D eigenvalue weighted by Crippen LogP contribution is 2.26. The summed E-state index contributed by atoms with van der Waals surface area (Å²) in [4.78, 5) is 21.1. The first-order valence-corrected chi connectivity index (χ1v) is 5.29. The molecule has 0 aliphatic heterocycles. The fourth-order valence-corrected chi connectivity index (χ4v) is 1.43. The van der Waals surface area contributed by atoms with Crippen molar-refractivity contribution in [3.8, 4) is 5.75 Å². The van der Waals surface area contributed by atoms with Crippen molar-refractivity contribution in [2.75, 3.05) is 26.1 Å². The Morgan fingerprint density at radius 1 is 1.47 bits per heavy atom. The predicted molar refractivity (Wildman–Crippen MR) is 66.6 cm³/mol. The van der Waals surface area contributed by atoms with Crippen molar-refractivity contribution in [3.05, 3.63) is 28.3 Å². The van der Waals surface area contributed by atoms with Crippen LogP contribution in [-0.2, 0) is 9.53 Å². The van der Waals surface area contributed by atoms with Crippen LogP contribution < -0.4 is 10.1 Å². The summed E-state index contributed by atoms with van der Waals surface area (Å²) in [6.45, 7) is -0.0691. The van der Waals surface area contributed by atoms with Gasteiger partial charge in [-0.1, -0.05) is 0 Å². The zero-order valence-electron chi connectivity index (χ0n) is 10.5. The molecule has 0 fully saturated rings. The van der Waals surface area contributed by atoms with Crippen molar-refractivity contribution in [3.63, 3.8) is 0 Å². The molecule has 8 nitrogen and oxygen atoms in total. The second-order valence-corrected chi connectivity index (χ2v) is 3.67. The molecule has 0 radical (unpaired) electrons. The van der Waals surface area contributed by atoms with E-state index < -0.39 is 16.9 Å². The van der Waals surface area contributed by atoms with Crippen LogP contribution in [0.2, 0.25) is 0 Å². The highest BCUT2D eigenvalue weighted by Gasteiger charge is 2.19. The molecule has 0 aliphatic carbocycles. The Labute approximate surface area is 109 Å². The van der Waals surface area contributed by atoms with E-state index in [9.17, 15) is 14.9 Å². The number of hydrogen-bond donors (Lipinski definition) is 2. The SMILES string of the molecule is COCC(Nc1cc(OC)cc([N+](=O)[O-])c1)C(=O)O. The van der Waals surface area contributed by atoms with E-state index in [1.165, 1.54) is 32.4 Å². The van der Waals surface area contributed by atoms with Crippen molar-refractivity contribution < 1.29 is 24.3 Å². The molecular weight excluding hydrogens is 256 g/mol. The van der Waals surface area contributed by atoms with Crippen LogP contribution in [0, 0.1) is 10.1 Å². The molecule has 0 aromatic heterocycles. The number of aliphatic carboxylic acids is 1. The minimum absolute atomic E-state index is 0.0691. The van der Waals surface area contributed by atoms with Gasteiger partial charge in [-0.15, -0.1) is 0 Å². The lowest BCUT2D eigenvalue weighted by molar-refractivity contribution is -0.384. The first kappa shape index (κ1) is 14.7. The van der Waals surface area contributed by atoms with Crippen LogP contribution >= 0.6 is 0 Å². The van der Waals surface area contributed by atoms with Crippen LogP contribution in [0.5, 0.6) is 5.75 Å². The lowest BCUT2D eigenvalue weighted by Gasteiger charge is -2.15. The van der Waals surface area contributed by atoms with Gasteiger partial charge in [0, 0.05) is 24.9 Å². The van der Waals surface area contributed by atoms with Gasteiger partial charge in [0.1, 0.15) is 11.8 Å². The molecule has 1 unspecified atom stereocenters. The summed E-state index contributed by atoms with van der Waals surface area (Å²) in [6.07, 6.45) is 0. The predicted octanol–water partition coefficient (Wildman–Crippen LogP) is 1.11. The Morgan fingerprint density at radius 2 is 2.16 bits per heavy atom. The van der Waals surface area contributed by atoms with Gasteiger partial charge >= 0.3 is 5.97 Å². The van der Waals surface area contributed by atoms with E-state index in [0.29, 0.717) is 0 Å². The summed E-state index contributed by atoms with van der Waals surface area (Å²) in [5, 5.41) is 22.4. The number of benzene rings is 1. The molecule has 1 rings (SSSR count). The average Bonchev–Trinajstić information content (AvgIpc) is 2.37. The fourth-order valence-electron chi connectivity index (χ4n) is 1.43. The van der Waals surface area contributed by atoms with Gasteiger partial charge in [0.25, 0.3) is 5.69 Å². The third kappa shape index (κ3) is 4.11. The number of carboxylic acids is 1. The number of hydrogen-bond acceptors (Lipinski definition) is 6. The molecule has 0 amide bonds. The van der Waals surface area contributed by atoms with Crippen LogP contribution in [0.1, 0.15) is 0 Å². The smallest absolute Gasteiger partial charge is 0.328 e. The number of methoxy groups -OCH3 is 2. The lowest BCUT2D eigenvalue weighted by Crippen LogP contribution is -2.33. The topological polar surface area (TPSA) is 111 Å². The molecule has 0 aliphatic rings. The maximum absolute atomic E-state index is 11.0. The molecule has 0 spiro atoms. The number of nitrogens with one attached hydrogen (secondary N) is 1. The normalized spacial score (nSPS) is 11.7. The maximum atomic E-state index is 11.0. The van der Waals surface area contributed by atoms with Gasteiger partial charge in [-0.2, -0.15) is 0 Å². The van der Waals surface area contributed by atoms with Crippen molar-refractivity contribution in [1.82, 2.24) is 0 Å². The molecular formula is C11H14N2O6. The lowest BCUT2D eigenvalue weighted by atomic mass is 10.2. The minimum atomic E-state index is -1.12. The summed E-state index contributed by atoms with van der Waals surface area (Å²) in [6, 6.07) is 2.95. The molecule has 0 saturated carbocycles. The van der Waals surface area contributed by atoms with Crippen LogP contribution in [0.4, 0.5) is 11.4 Å². The molecule has 1 atom stereocenters. The fraction of sp³-hybridized carbons (Fsp3) is 0.364. The maximum Gasteiger partial charge on any atom is 0.328 e. The highest BCUT2D eigenvalue weighted by atomic mass is 16.6. The van der Waals surface area contributed by atoms with Gasteiger partial charge in [-0.25, -0.2) is 4.79 Å². The van der Waals surface area contributed by atoms with Crippen molar-refractivity contribution in [2.24, 2.45) is 0 Å². The van der Waals surface area contributed by atoms with Gasteiger partial charge in [-0.3, -0.25) is 10.1 Å². The molecule has 1 aromatic carbocycles. The Balaban J connectivity index is 3.01. The van der Waals surface area contributed by atoms with E-state index in [4.69, 9.17) is 14.6 Å². The van der Waals surface area contributed by atoms with Crippen LogP contribution in [0.3, 0.4) is 0 Å². The number of ether oxygens (including phenoxy) is 2. The van der Waals surface area contributed by atoms with E-state index in [1.54, 1.807) is 0 Å². The van der Waals surface area contributed by atoms with Gasteiger partial charge in [0.15, 0.2) is 0 Å². The second kappa shape index (κ2) is 6.55. The van der Waals surface area contributed by atoms with E-state index >= 15 is 0 Å². The van der Waals surface area contributed by atoms with Crippen molar-refractivity contribution in [2.45, 2.75) is 6.04 Å². The summed E-state index contributed by atoms with van der Waals surface area (Å²) in [5.41, 5.74) is 0.0823. The third-order valence-corrected chi connectivity index (χ3v) is 2.31. The van der Waals surface area contributed by atoms with Crippen molar-refractivity contribution in [1.29, 1.82) is 0 Å². The average molecular weight is 270 g/mol. The Morgan fingerprint density at radius 3 is 2.63 bits per heavy atom. The quantitative estimate of drug-likeness (QED) is 0.564. The summed E-state index contributed by atoms with van der Waals surface area (Å²) in [7, 11) is 2.73. The molecule has 0 heterocycles. The molecule has 0 bridgehead atoms. The minimum Gasteiger partial charge on any atom is -0.496 e. The number of carbonyl (C=O) groups is 1. The Kier molecular flexibility index (Phi) is 5.07. The van der Waals surface area contributed by atoms with E-state index in [-0.39, 0.29) is 23.7 Å². The second-order valence-electron chi connectivity index (χ2n) is 3.67. The zero-order valence-corrected chi connectivity index (χ0v) is 10.5. The van der Waals surface area contributed by atoms with E-state index in [1.807, 2.05) is 0 Å². The molecule has 2 N–H and O–H groups in total.